The fourth-order valence-corrected chi connectivity index (χ4v) is 3.30. The van der Waals surface area contributed by atoms with Crippen LogP contribution in [0.2, 0.25) is 0 Å². The fraction of sp³-hybridized carbons (Fsp3) is 0.818. The van der Waals surface area contributed by atoms with Crippen molar-refractivity contribution < 1.29 is 9.59 Å². The molecule has 1 amide bonds. The van der Waals surface area contributed by atoms with Gasteiger partial charge in [-0.05, 0) is 25.7 Å². The van der Waals surface area contributed by atoms with E-state index in [-0.39, 0.29) is 16.7 Å². The zero-order valence-electron chi connectivity index (χ0n) is 8.88. The Balaban J connectivity index is 2.15. The number of hydrogen-bond donors (Lipinski definition) is 0. The summed E-state index contributed by atoms with van der Waals surface area (Å²) >= 11 is 0. The summed E-state index contributed by atoms with van der Waals surface area (Å²) in [6.07, 6.45) is 5.64. The van der Waals surface area contributed by atoms with E-state index >= 15 is 0 Å². The van der Waals surface area contributed by atoms with E-state index in [0.29, 0.717) is 0 Å². The third-order valence-electron chi connectivity index (χ3n) is 3.82. The van der Waals surface area contributed by atoms with Gasteiger partial charge in [-0.25, -0.2) is 0 Å². The van der Waals surface area contributed by atoms with Crippen molar-refractivity contribution in [2.75, 3.05) is 14.1 Å². The minimum absolute atomic E-state index is 0.135. The van der Waals surface area contributed by atoms with E-state index in [1.54, 1.807) is 19.0 Å². The lowest BCUT2D eigenvalue weighted by atomic mass is 9.46. The molecule has 0 spiro atoms. The van der Waals surface area contributed by atoms with Gasteiger partial charge in [-0.2, -0.15) is 0 Å². The first-order valence-electron chi connectivity index (χ1n) is 5.22. The molecule has 0 aromatic rings. The second kappa shape index (κ2) is 2.81. The molecule has 3 fully saturated rings. The van der Waals surface area contributed by atoms with Crippen LogP contribution in [0.3, 0.4) is 0 Å². The molecule has 0 unspecified atom stereocenters. The molecule has 3 heteroatoms. The number of fused-ring (bicyclic) bond motifs is 2. The number of nitrogens with zero attached hydrogens (tertiary/aromatic N) is 1. The van der Waals surface area contributed by atoms with Crippen molar-refractivity contribution in [3.63, 3.8) is 0 Å². The van der Waals surface area contributed by atoms with E-state index in [4.69, 9.17) is 0 Å². The van der Waals surface area contributed by atoms with Gasteiger partial charge in [0.05, 0.1) is 5.41 Å². The van der Waals surface area contributed by atoms with Crippen molar-refractivity contribution in [2.45, 2.75) is 32.1 Å². The summed E-state index contributed by atoms with van der Waals surface area (Å²) in [6, 6.07) is 0. The summed E-state index contributed by atoms with van der Waals surface area (Å²) in [5.41, 5.74) is -0.313. The summed E-state index contributed by atoms with van der Waals surface area (Å²) in [4.78, 5) is 24.5. The van der Waals surface area contributed by atoms with Crippen LogP contribution in [0.15, 0.2) is 0 Å². The molecule has 3 aliphatic carbocycles. The van der Waals surface area contributed by atoms with E-state index in [2.05, 4.69) is 0 Å². The fourth-order valence-electron chi connectivity index (χ4n) is 3.30. The molecule has 0 radical (unpaired) electrons. The molecule has 78 valence electrons. The standard InChI is InChI=1S/C11H17NO2/c1-12(2)9(14)11-5-3-4-10(6-11,7-11)8-13/h8H,3-7H2,1-2H3. The van der Waals surface area contributed by atoms with Crippen LogP contribution in [-0.2, 0) is 9.59 Å². The predicted molar refractivity (Wildman–Crippen MR) is 52.7 cm³/mol. The number of amides is 1. The van der Waals surface area contributed by atoms with Crippen molar-refractivity contribution in [1.82, 2.24) is 4.90 Å². The van der Waals surface area contributed by atoms with Gasteiger partial charge in [-0.15, -0.1) is 0 Å². The maximum absolute atomic E-state index is 11.9. The van der Waals surface area contributed by atoms with Gasteiger partial charge in [0.2, 0.25) is 5.91 Å². The largest absolute Gasteiger partial charge is 0.348 e. The summed E-state index contributed by atoms with van der Waals surface area (Å²) in [5, 5.41) is 0. The molecule has 0 atom stereocenters. The van der Waals surface area contributed by atoms with Gasteiger partial charge in [-0.1, -0.05) is 6.42 Å². The Bertz CT molecular complexity index is 277. The van der Waals surface area contributed by atoms with Crippen molar-refractivity contribution in [1.29, 1.82) is 0 Å². The van der Waals surface area contributed by atoms with Crippen LogP contribution in [0.5, 0.6) is 0 Å². The van der Waals surface area contributed by atoms with Crippen molar-refractivity contribution in [3.8, 4) is 0 Å². The molecule has 0 aliphatic heterocycles. The Labute approximate surface area is 84.5 Å². The van der Waals surface area contributed by atoms with Crippen LogP contribution in [-0.4, -0.2) is 31.2 Å². The van der Waals surface area contributed by atoms with Gasteiger partial charge in [0, 0.05) is 19.5 Å². The van der Waals surface area contributed by atoms with Gasteiger partial charge < -0.3 is 9.69 Å². The highest BCUT2D eigenvalue weighted by Gasteiger charge is 2.61. The van der Waals surface area contributed by atoms with Gasteiger partial charge in [-0.3, -0.25) is 4.79 Å². The summed E-state index contributed by atoms with van der Waals surface area (Å²) in [7, 11) is 3.60. The van der Waals surface area contributed by atoms with E-state index in [1.807, 2.05) is 0 Å². The topological polar surface area (TPSA) is 37.4 Å². The number of carbonyl (C=O) groups excluding carboxylic acids is 2. The van der Waals surface area contributed by atoms with Gasteiger partial charge in [0.15, 0.2) is 0 Å². The smallest absolute Gasteiger partial charge is 0.228 e. The van der Waals surface area contributed by atoms with Crippen LogP contribution in [0.4, 0.5) is 0 Å². The van der Waals surface area contributed by atoms with Gasteiger partial charge in [0.1, 0.15) is 6.29 Å². The van der Waals surface area contributed by atoms with Crippen molar-refractivity contribution in [2.24, 2.45) is 10.8 Å². The van der Waals surface area contributed by atoms with Crippen LogP contribution >= 0.6 is 0 Å². The molecule has 0 heterocycles. The Morgan fingerprint density at radius 2 is 1.93 bits per heavy atom. The maximum atomic E-state index is 11.9. The zero-order chi connectivity index (χ0) is 10.4. The van der Waals surface area contributed by atoms with Crippen LogP contribution in [0.1, 0.15) is 32.1 Å². The van der Waals surface area contributed by atoms with E-state index < -0.39 is 0 Å². The van der Waals surface area contributed by atoms with Gasteiger partial charge in [0.25, 0.3) is 0 Å². The number of carbonyl (C=O) groups is 2. The molecule has 3 aliphatic rings. The third-order valence-corrected chi connectivity index (χ3v) is 3.82. The second-order valence-electron chi connectivity index (χ2n) is 5.17. The molecule has 2 bridgehead atoms. The Hall–Kier alpha value is -0.860. The predicted octanol–water partition coefficient (Wildman–Crippen LogP) is 1.22. The first kappa shape index (κ1) is 9.69. The molecular weight excluding hydrogens is 178 g/mol. The first-order valence-corrected chi connectivity index (χ1v) is 5.22. The van der Waals surface area contributed by atoms with Crippen LogP contribution in [0.25, 0.3) is 0 Å². The average Bonchev–Trinajstić information content (AvgIpc) is 2.15. The quantitative estimate of drug-likeness (QED) is 0.621. The van der Waals surface area contributed by atoms with Crippen LogP contribution in [0, 0.1) is 10.8 Å². The Morgan fingerprint density at radius 3 is 2.43 bits per heavy atom. The Morgan fingerprint density at radius 1 is 1.29 bits per heavy atom. The minimum Gasteiger partial charge on any atom is -0.348 e. The first-order chi connectivity index (χ1) is 6.54. The molecule has 3 nitrogen and oxygen atoms in total. The molecule has 0 aromatic heterocycles. The lowest BCUT2D eigenvalue weighted by Crippen LogP contribution is -2.58. The Kier molecular flexibility index (Phi) is 1.95. The lowest BCUT2D eigenvalue weighted by Gasteiger charge is -2.57. The molecule has 0 saturated heterocycles. The third kappa shape index (κ3) is 1.11. The van der Waals surface area contributed by atoms with Crippen molar-refractivity contribution >= 4 is 12.2 Å². The molecule has 0 N–H and O–H groups in total. The van der Waals surface area contributed by atoms with E-state index in [9.17, 15) is 9.59 Å². The minimum atomic E-state index is -0.178. The maximum Gasteiger partial charge on any atom is 0.228 e. The van der Waals surface area contributed by atoms with Crippen LogP contribution < -0.4 is 0 Å². The number of hydrogen-bond acceptors (Lipinski definition) is 2. The highest BCUT2D eigenvalue weighted by atomic mass is 16.2. The molecule has 3 saturated carbocycles. The summed E-state index contributed by atoms with van der Waals surface area (Å²) in [6.45, 7) is 0. The molecule has 3 rings (SSSR count). The molecule has 0 aromatic carbocycles. The van der Waals surface area contributed by atoms with E-state index in [1.165, 1.54) is 0 Å². The monoisotopic (exact) mass is 195 g/mol. The molecule has 14 heavy (non-hydrogen) atoms. The second-order valence-corrected chi connectivity index (χ2v) is 5.17. The summed E-state index contributed by atoms with van der Waals surface area (Å²) in [5.74, 6) is 0.217. The number of aldehydes is 1. The normalized spacial score (nSPS) is 39.9. The SMILES string of the molecule is CN(C)C(=O)C12CCCC(C=O)(C1)C2. The molecular formula is C11H17NO2. The van der Waals surface area contributed by atoms with E-state index in [0.717, 1.165) is 38.4 Å². The van der Waals surface area contributed by atoms with Gasteiger partial charge >= 0.3 is 0 Å². The average molecular weight is 195 g/mol. The highest BCUT2D eigenvalue weighted by molar-refractivity contribution is 5.86. The van der Waals surface area contributed by atoms with Crippen molar-refractivity contribution in [3.05, 3.63) is 0 Å². The zero-order valence-corrected chi connectivity index (χ0v) is 8.88. The highest BCUT2D eigenvalue weighted by Crippen LogP contribution is 2.63. The summed E-state index contributed by atoms with van der Waals surface area (Å²) < 4.78 is 0. The number of rotatable bonds is 2. The lowest BCUT2D eigenvalue weighted by molar-refractivity contribution is -0.167.